The van der Waals surface area contributed by atoms with Gasteiger partial charge >= 0.3 is 5.97 Å². The van der Waals surface area contributed by atoms with Crippen molar-refractivity contribution < 1.29 is 43.5 Å². The maximum atomic E-state index is 14.7. The summed E-state index contributed by atoms with van der Waals surface area (Å²) < 4.78 is 0. The predicted molar refractivity (Wildman–Crippen MR) is 298 cm³/mol. The highest BCUT2D eigenvalue weighted by molar-refractivity contribution is 5.98. The Morgan fingerprint density at radius 1 is 0.513 bits per heavy atom. The third kappa shape index (κ3) is 21.3. The van der Waals surface area contributed by atoms with E-state index in [1.165, 1.54) is 12.5 Å². The Morgan fingerprint density at radius 2 is 0.962 bits per heavy atom. The number of fused-ring (bicyclic) bond motifs is 1. The minimum Gasteiger partial charge on any atom is -0.480 e. The number of aromatic nitrogens is 3. The highest BCUT2D eigenvalue weighted by Gasteiger charge is 2.36. The molecule has 0 saturated carbocycles. The lowest BCUT2D eigenvalue weighted by molar-refractivity contribution is -0.142. The second-order valence-electron chi connectivity index (χ2n) is 21.4. The maximum Gasteiger partial charge on any atom is 0.326 e. The van der Waals surface area contributed by atoms with Crippen molar-refractivity contribution in [1.29, 1.82) is 0 Å². The monoisotopic (exact) mass is 1080 g/mol. The van der Waals surface area contributed by atoms with Crippen LogP contribution < -0.4 is 54.4 Å². The molecule has 4 aromatic rings. The van der Waals surface area contributed by atoms with E-state index in [-0.39, 0.29) is 62.7 Å². The molecule has 0 aliphatic carbocycles. The number of imidazole rings is 1. The number of para-hydroxylation sites is 1. The molecule has 0 aliphatic heterocycles. The lowest BCUT2D eigenvalue weighted by Gasteiger charge is -2.29. The number of carboxylic acids is 1. The van der Waals surface area contributed by atoms with Crippen molar-refractivity contribution in [2.75, 3.05) is 13.1 Å². The van der Waals surface area contributed by atoms with Crippen LogP contribution in [0.4, 0.5) is 0 Å². The van der Waals surface area contributed by atoms with Gasteiger partial charge in [-0.1, -0.05) is 96.5 Å². The highest BCUT2D eigenvalue weighted by Crippen LogP contribution is 2.20. The lowest BCUT2D eigenvalue weighted by atomic mass is 9.98. The van der Waals surface area contributed by atoms with Crippen LogP contribution in [0.15, 0.2) is 73.3 Å². The molecule has 2 aromatic carbocycles. The van der Waals surface area contributed by atoms with Crippen LogP contribution in [0.1, 0.15) is 116 Å². The fourth-order valence-electron chi connectivity index (χ4n) is 9.03. The van der Waals surface area contributed by atoms with E-state index in [0.717, 1.165) is 10.9 Å². The van der Waals surface area contributed by atoms with Crippen molar-refractivity contribution in [3.8, 4) is 0 Å². The average Bonchev–Trinajstić information content (AvgIpc) is 4.07. The molecule has 2 aromatic heterocycles. The van der Waals surface area contributed by atoms with E-state index in [9.17, 15) is 43.5 Å². The molecule has 7 amide bonds. The number of aliphatic carboxylic acids is 1. The first-order valence-electron chi connectivity index (χ1n) is 27.3. The Labute approximate surface area is 457 Å². The van der Waals surface area contributed by atoms with Gasteiger partial charge in [0.1, 0.15) is 42.3 Å². The van der Waals surface area contributed by atoms with E-state index in [1.54, 1.807) is 36.5 Å². The summed E-state index contributed by atoms with van der Waals surface area (Å²) in [5.41, 5.74) is 20.3. The first-order valence-corrected chi connectivity index (χ1v) is 27.3. The van der Waals surface area contributed by atoms with Crippen LogP contribution in [-0.2, 0) is 57.6 Å². The van der Waals surface area contributed by atoms with Gasteiger partial charge in [0.15, 0.2) is 0 Å². The van der Waals surface area contributed by atoms with E-state index in [4.69, 9.17) is 17.2 Å². The smallest absolute Gasteiger partial charge is 0.326 e. The van der Waals surface area contributed by atoms with Gasteiger partial charge in [-0.2, -0.15) is 0 Å². The van der Waals surface area contributed by atoms with E-state index in [2.05, 4.69) is 52.2 Å². The maximum absolute atomic E-state index is 14.7. The molecule has 8 atom stereocenters. The van der Waals surface area contributed by atoms with Crippen LogP contribution in [0.25, 0.3) is 10.9 Å². The quantitative estimate of drug-likeness (QED) is 0.0294. The summed E-state index contributed by atoms with van der Waals surface area (Å²) in [4.78, 5) is 122. The summed E-state index contributed by atoms with van der Waals surface area (Å²) in [6.45, 7) is 11.9. The Hall–Kier alpha value is -7.17. The summed E-state index contributed by atoms with van der Waals surface area (Å²) >= 11 is 0. The Kier molecular flexibility index (Phi) is 26.4. The zero-order chi connectivity index (χ0) is 57.3. The SMILES string of the molecule is CC(C)C[C@H](NC(=O)[C@H](Cc1c[nH]c2ccccc12)NC(=O)[C@H](CC(C)C)NC(=O)[C@H](Cc1ccccc1)NC(=O)[C@H](CC(C)C)NC(=O)[C@H](CCCCN)NC(=O)[C@H](Cc1cnc[nH]1)NC(=O)[C@@H](N)CCCCN)C(=O)O. The zero-order valence-corrected chi connectivity index (χ0v) is 46.1. The van der Waals surface area contributed by atoms with Crippen LogP contribution in [-0.4, -0.2) is 129 Å². The minimum absolute atomic E-state index is 0.000256. The van der Waals surface area contributed by atoms with Gasteiger partial charge in [0.2, 0.25) is 41.4 Å². The van der Waals surface area contributed by atoms with Crippen molar-refractivity contribution in [1.82, 2.24) is 52.2 Å². The number of carboxylic acid groups (broad SMARTS) is 1. The molecule has 0 fully saturated rings. The predicted octanol–water partition coefficient (Wildman–Crippen LogP) is 2.12. The molecule has 0 aliphatic rings. The molecular formula is C56H85N13O9. The summed E-state index contributed by atoms with van der Waals surface area (Å²) in [5, 5.41) is 30.3. The molecule has 0 spiro atoms. The van der Waals surface area contributed by atoms with Crippen LogP contribution in [0, 0.1) is 17.8 Å². The summed E-state index contributed by atoms with van der Waals surface area (Å²) in [5.74, 6) is -6.38. The van der Waals surface area contributed by atoms with Crippen molar-refractivity contribution in [3.63, 3.8) is 0 Å². The number of aromatic amines is 2. The second-order valence-corrected chi connectivity index (χ2v) is 21.4. The molecule has 2 heterocycles. The van der Waals surface area contributed by atoms with E-state index in [0.29, 0.717) is 62.0 Å². The number of hydrogen-bond acceptors (Lipinski definition) is 12. The fraction of sp³-hybridized carbons (Fsp3) is 0.554. The molecule has 22 heteroatoms. The summed E-state index contributed by atoms with van der Waals surface area (Å²) in [6.07, 6.45) is 7.73. The number of unbranched alkanes of at least 4 members (excludes halogenated alkanes) is 2. The van der Waals surface area contributed by atoms with Gasteiger partial charge in [0, 0.05) is 48.3 Å². The topological polar surface area (TPSA) is 364 Å². The number of benzene rings is 2. The van der Waals surface area contributed by atoms with E-state index in [1.807, 2.05) is 65.8 Å². The number of nitrogens with one attached hydrogen (secondary N) is 9. The number of carbonyl (C=O) groups is 8. The number of amides is 7. The Morgan fingerprint density at radius 3 is 1.50 bits per heavy atom. The zero-order valence-electron chi connectivity index (χ0n) is 46.1. The molecule has 0 unspecified atom stereocenters. The number of nitrogens with zero attached hydrogens (tertiary/aromatic N) is 1. The first-order chi connectivity index (χ1) is 37.2. The number of H-pyrrole nitrogens is 2. The van der Waals surface area contributed by atoms with E-state index >= 15 is 0 Å². The van der Waals surface area contributed by atoms with Crippen LogP contribution in [0.5, 0.6) is 0 Å². The fourth-order valence-corrected chi connectivity index (χ4v) is 9.03. The highest BCUT2D eigenvalue weighted by atomic mass is 16.4. The summed E-state index contributed by atoms with van der Waals surface area (Å²) in [6, 6.07) is 6.84. The van der Waals surface area contributed by atoms with Gasteiger partial charge in [-0.3, -0.25) is 33.6 Å². The molecular weight excluding hydrogens is 999 g/mol. The van der Waals surface area contributed by atoms with Gasteiger partial charge in [0.05, 0.1) is 12.4 Å². The molecule has 4 rings (SSSR count). The Balaban J connectivity index is 1.61. The van der Waals surface area contributed by atoms with Gasteiger partial charge in [-0.25, -0.2) is 9.78 Å². The minimum atomic E-state index is -1.29. The number of nitrogens with two attached hydrogens (primary N) is 3. The Bertz CT molecular complexity index is 2540. The van der Waals surface area contributed by atoms with Crippen molar-refractivity contribution >= 4 is 58.2 Å². The number of hydrogen-bond donors (Lipinski definition) is 13. The molecule has 0 saturated heterocycles. The van der Waals surface area contributed by atoms with Crippen molar-refractivity contribution in [2.24, 2.45) is 35.0 Å². The van der Waals surface area contributed by atoms with Gasteiger partial charge in [-0.05, 0) is 99.4 Å². The van der Waals surface area contributed by atoms with Gasteiger partial charge in [0.25, 0.3) is 0 Å². The van der Waals surface area contributed by atoms with Gasteiger partial charge in [-0.15, -0.1) is 0 Å². The van der Waals surface area contributed by atoms with Crippen molar-refractivity contribution in [2.45, 2.75) is 167 Å². The molecule has 0 radical (unpaired) electrons. The van der Waals surface area contributed by atoms with Crippen LogP contribution in [0.3, 0.4) is 0 Å². The second kappa shape index (κ2) is 32.5. The van der Waals surface area contributed by atoms with Crippen LogP contribution in [0.2, 0.25) is 0 Å². The third-order valence-corrected chi connectivity index (χ3v) is 13.1. The average molecular weight is 1080 g/mol. The molecule has 16 N–H and O–H groups in total. The van der Waals surface area contributed by atoms with Crippen molar-refractivity contribution in [3.05, 3.63) is 90.1 Å². The normalized spacial score (nSPS) is 14.6. The lowest BCUT2D eigenvalue weighted by Crippen LogP contribution is -2.61. The van der Waals surface area contributed by atoms with Crippen LogP contribution >= 0.6 is 0 Å². The third-order valence-electron chi connectivity index (χ3n) is 13.1. The standard InChI is InChI=1S/C56H85N13O9/c1-33(2)24-43(65-50(71)42(21-13-15-23-58)63-55(76)47(29-38-31-60-32-62-38)64-49(70)40(59)19-12-14-22-57)51(72)67-45(27-36-16-8-7-9-17-36)53(74)66-44(25-34(3)4)52(73)68-46(54(75)69-48(56(77)78)26-35(5)6)28-37-30-61-41-20-11-10-18-39(37)41/h7-11,16-18,20,30-35,40,42-48,61H,12-15,19,21-29,57-59H2,1-6H3,(H,60,62)(H,63,76)(H,64,70)(H,65,71)(H,66,74)(H,67,72)(H,68,73)(H,69,75)(H,77,78)/t40-,42-,43-,44-,45-,46-,47-,48-/m0/s1. The van der Waals surface area contributed by atoms with Gasteiger partial charge < -0.3 is 69.5 Å². The number of rotatable bonds is 35. The first kappa shape index (κ1) is 63.4. The molecule has 0 bridgehead atoms. The molecule has 22 nitrogen and oxygen atoms in total. The summed E-state index contributed by atoms with van der Waals surface area (Å²) in [7, 11) is 0. The molecule has 78 heavy (non-hydrogen) atoms. The molecule has 428 valence electrons. The number of carbonyl (C=O) groups excluding carboxylic acids is 7. The largest absolute Gasteiger partial charge is 0.480 e. The van der Waals surface area contributed by atoms with E-state index < -0.39 is 95.7 Å².